The summed E-state index contributed by atoms with van der Waals surface area (Å²) in [7, 11) is -3.42. The molecule has 19 heavy (non-hydrogen) atoms. The zero-order valence-corrected chi connectivity index (χ0v) is 12.7. The zero-order chi connectivity index (χ0) is 14.5. The molecule has 0 saturated heterocycles. The number of hydrogen-bond acceptors (Lipinski definition) is 2. The molecule has 0 bridgehead atoms. The summed E-state index contributed by atoms with van der Waals surface area (Å²) in [6.45, 7) is 7.52. The molecular weight excluding hydrogens is 256 g/mol. The SMILES string of the molecule is C\C=C(C)/C=C\C(=C/C)S(=O)(=O)c1ccc(C)cc1. The van der Waals surface area contributed by atoms with Crippen LogP contribution >= 0.6 is 0 Å². The first kappa shape index (κ1) is 15.4. The molecule has 1 rings (SSSR count). The topological polar surface area (TPSA) is 34.1 Å². The van der Waals surface area contributed by atoms with Gasteiger partial charge < -0.3 is 0 Å². The van der Waals surface area contributed by atoms with E-state index >= 15 is 0 Å². The molecule has 3 heteroatoms. The summed E-state index contributed by atoms with van der Waals surface area (Å²) in [5.41, 5.74) is 2.07. The van der Waals surface area contributed by atoms with Gasteiger partial charge in [0.2, 0.25) is 9.84 Å². The summed E-state index contributed by atoms with van der Waals surface area (Å²) in [6.07, 6.45) is 7.00. The van der Waals surface area contributed by atoms with Gasteiger partial charge in [0.25, 0.3) is 0 Å². The number of rotatable bonds is 4. The molecule has 1 aromatic rings. The fourth-order valence-electron chi connectivity index (χ4n) is 1.50. The number of aryl methyl sites for hydroxylation is 1. The molecule has 0 aliphatic rings. The van der Waals surface area contributed by atoms with Crippen LogP contribution in [0.2, 0.25) is 0 Å². The number of hydrogen-bond donors (Lipinski definition) is 0. The first-order valence-corrected chi connectivity index (χ1v) is 7.69. The van der Waals surface area contributed by atoms with Gasteiger partial charge in [-0.3, -0.25) is 0 Å². The van der Waals surface area contributed by atoms with Gasteiger partial charge in [-0.2, -0.15) is 0 Å². The monoisotopic (exact) mass is 276 g/mol. The van der Waals surface area contributed by atoms with Crippen LogP contribution in [0, 0.1) is 6.92 Å². The second-order valence-electron chi connectivity index (χ2n) is 4.37. The molecule has 0 unspecified atom stereocenters. The standard InChI is InChI=1S/C16H20O2S/c1-5-13(3)7-10-15(6-2)19(17,18)16-11-8-14(4)9-12-16/h5-12H,1-4H3/b10-7-,13-5-,15-6+. The Bertz CT molecular complexity index is 615. The molecule has 0 spiro atoms. The van der Waals surface area contributed by atoms with Crippen molar-refractivity contribution in [3.63, 3.8) is 0 Å². The van der Waals surface area contributed by atoms with Crippen LogP contribution < -0.4 is 0 Å². The molecular formula is C16H20O2S. The summed E-state index contributed by atoms with van der Waals surface area (Å²) in [6, 6.07) is 6.90. The molecule has 0 heterocycles. The van der Waals surface area contributed by atoms with E-state index in [2.05, 4.69) is 0 Å². The van der Waals surface area contributed by atoms with Gasteiger partial charge in [0.1, 0.15) is 0 Å². The molecule has 0 amide bonds. The van der Waals surface area contributed by atoms with Crippen molar-refractivity contribution in [3.8, 4) is 0 Å². The van der Waals surface area contributed by atoms with Crippen molar-refractivity contribution in [2.75, 3.05) is 0 Å². The summed E-state index contributed by atoms with van der Waals surface area (Å²) >= 11 is 0. The van der Waals surface area contributed by atoms with E-state index in [-0.39, 0.29) is 0 Å². The van der Waals surface area contributed by atoms with Gasteiger partial charge >= 0.3 is 0 Å². The highest BCUT2D eigenvalue weighted by molar-refractivity contribution is 7.95. The number of allylic oxidation sites excluding steroid dienone is 5. The van der Waals surface area contributed by atoms with Crippen molar-refractivity contribution >= 4 is 9.84 Å². The molecule has 0 aliphatic heterocycles. The van der Waals surface area contributed by atoms with E-state index in [9.17, 15) is 8.42 Å². The molecule has 0 saturated carbocycles. The Morgan fingerprint density at radius 1 is 1.00 bits per heavy atom. The smallest absolute Gasteiger partial charge is 0.206 e. The summed E-state index contributed by atoms with van der Waals surface area (Å²) in [5, 5.41) is 0. The van der Waals surface area contributed by atoms with E-state index in [4.69, 9.17) is 0 Å². The van der Waals surface area contributed by atoms with Crippen LogP contribution in [-0.4, -0.2) is 8.42 Å². The normalized spacial score (nSPS) is 14.1. The van der Waals surface area contributed by atoms with Crippen molar-refractivity contribution in [1.29, 1.82) is 0 Å². The predicted molar refractivity (Wildman–Crippen MR) is 80.7 cm³/mol. The van der Waals surface area contributed by atoms with Crippen molar-refractivity contribution in [3.05, 3.63) is 64.6 Å². The fourth-order valence-corrected chi connectivity index (χ4v) is 2.83. The Hall–Kier alpha value is -1.61. The van der Waals surface area contributed by atoms with E-state index in [1.807, 2.05) is 26.8 Å². The Kier molecular flexibility index (Phi) is 5.31. The van der Waals surface area contributed by atoms with Gasteiger partial charge in [-0.25, -0.2) is 8.42 Å². The van der Waals surface area contributed by atoms with E-state index in [1.54, 1.807) is 49.4 Å². The van der Waals surface area contributed by atoms with Crippen LogP contribution in [0.15, 0.2) is 63.9 Å². The average Bonchev–Trinajstić information content (AvgIpc) is 2.39. The van der Waals surface area contributed by atoms with E-state index in [0.29, 0.717) is 9.80 Å². The maximum Gasteiger partial charge on any atom is 0.206 e. The zero-order valence-electron chi connectivity index (χ0n) is 11.8. The third kappa shape index (κ3) is 3.93. The van der Waals surface area contributed by atoms with Crippen molar-refractivity contribution in [1.82, 2.24) is 0 Å². The Balaban J connectivity index is 3.18. The third-order valence-corrected chi connectivity index (χ3v) is 4.78. The maximum absolute atomic E-state index is 12.4. The van der Waals surface area contributed by atoms with Gasteiger partial charge in [0.15, 0.2) is 0 Å². The summed E-state index contributed by atoms with van der Waals surface area (Å²) < 4.78 is 24.9. The van der Waals surface area contributed by atoms with Crippen LogP contribution in [0.4, 0.5) is 0 Å². The van der Waals surface area contributed by atoms with Crippen molar-refractivity contribution in [2.24, 2.45) is 0 Å². The summed E-state index contributed by atoms with van der Waals surface area (Å²) in [4.78, 5) is 0.645. The quantitative estimate of drug-likeness (QED) is 0.772. The first-order chi connectivity index (χ1) is 8.91. The van der Waals surface area contributed by atoms with Crippen molar-refractivity contribution in [2.45, 2.75) is 32.6 Å². The van der Waals surface area contributed by atoms with Gasteiger partial charge in [-0.15, -0.1) is 0 Å². The van der Waals surface area contributed by atoms with Crippen LogP contribution in [0.1, 0.15) is 26.3 Å². The van der Waals surface area contributed by atoms with Gasteiger partial charge in [0.05, 0.1) is 9.80 Å². The van der Waals surface area contributed by atoms with Crippen LogP contribution in [0.25, 0.3) is 0 Å². The molecule has 0 radical (unpaired) electrons. The number of benzene rings is 1. The van der Waals surface area contributed by atoms with Crippen LogP contribution in [-0.2, 0) is 9.84 Å². The molecule has 0 aliphatic carbocycles. The van der Waals surface area contributed by atoms with Gasteiger partial charge in [-0.1, -0.05) is 41.5 Å². The second-order valence-corrected chi connectivity index (χ2v) is 6.32. The molecule has 0 fully saturated rings. The molecule has 102 valence electrons. The van der Waals surface area contributed by atoms with E-state index in [0.717, 1.165) is 11.1 Å². The first-order valence-electron chi connectivity index (χ1n) is 6.21. The van der Waals surface area contributed by atoms with E-state index in [1.165, 1.54) is 0 Å². The lowest BCUT2D eigenvalue weighted by Gasteiger charge is -2.05. The molecule has 0 aromatic heterocycles. The molecule has 1 aromatic carbocycles. The molecule has 2 nitrogen and oxygen atoms in total. The lowest BCUT2D eigenvalue weighted by molar-refractivity contribution is 0.603. The highest BCUT2D eigenvalue weighted by atomic mass is 32.2. The van der Waals surface area contributed by atoms with E-state index < -0.39 is 9.84 Å². The lowest BCUT2D eigenvalue weighted by Crippen LogP contribution is -2.03. The third-order valence-electron chi connectivity index (χ3n) is 2.89. The number of sulfone groups is 1. The lowest BCUT2D eigenvalue weighted by atomic mass is 10.2. The fraction of sp³-hybridized carbons (Fsp3) is 0.250. The molecule has 0 atom stereocenters. The Morgan fingerprint density at radius 3 is 2.05 bits per heavy atom. The summed E-state index contributed by atoms with van der Waals surface area (Å²) in [5.74, 6) is 0. The van der Waals surface area contributed by atoms with Crippen molar-refractivity contribution < 1.29 is 8.42 Å². The largest absolute Gasteiger partial charge is 0.219 e. The van der Waals surface area contributed by atoms with Gasteiger partial charge in [0, 0.05) is 0 Å². The minimum absolute atomic E-state index is 0.317. The second kappa shape index (κ2) is 6.53. The average molecular weight is 276 g/mol. The van der Waals surface area contributed by atoms with Crippen LogP contribution in [0.5, 0.6) is 0 Å². The minimum Gasteiger partial charge on any atom is -0.219 e. The highest BCUT2D eigenvalue weighted by Gasteiger charge is 2.17. The van der Waals surface area contributed by atoms with Gasteiger partial charge in [-0.05, 0) is 45.9 Å². The predicted octanol–water partition coefficient (Wildman–Crippen LogP) is 4.19. The minimum atomic E-state index is -3.42. The maximum atomic E-state index is 12.4. The Labute approximate surface area is 116 Å². The molecule has 0 N–H and O–H groups in total. The van der Waals surface area contributed by atoms with Crippen LogP contribution in [0.3, 0.4) is 0 Å². The highest BCUT2D eigenvalue weighted by Crippen LogP contribution is 2.21. The Morgan fingerprint density at radius 2 is 1.58 bits per heavy atom.